The predicted molar refractivity (Wildman–Crippen MR) is 61.6 cm³/mol. The maximum atomic E-state index is 11.3. The predicted octanol–water partition coefficient (Wildman–Crippen LogP) is -0.373. The molecule has 7 heteroatoms. The molecule has 0 unspecified atom stereocenters. The lowest BCUT2D eigenvalue weighted by Crippen LogP contribution is -2.48. The number of likely N-dealkylation sites (N-methyl/N-ethyl adjacent to an activating group) is 1. The van der Waals surface area contributed by atoms with Crippen molar-refractivity contribution in [3.63, 3.8) is 0 Å². The van der Waals surface area contributed by atoms with Gasteiger partial charge in [-0.05, 0) is 6.42 Å². The summed E-state index contributed by atoms with van der Waals surface area (Å²) in [4.78, 5) is 34.6. The summed E-state index contributed by atoms with van der Waals surface area (Å²) in [5.74, 6) is -1.34. The largest absolute Gasteiger partial charge is 0.480 e. The van der Waals surface area contributed by atoms with Gasteiger partial charge in [0.15, 0.2) is 0 Å². The molecule has 0 spiro atoms. The van der Waals surface area contributed by atoms with E-state index in [1.165, 1.54) is 4.90 Å². The van der Waals surface area contributed by atoms with Crippen molar-refractivity contribution in [2.45, 2.75) is 25.8 Å². The van der Waals surface area contributed by atoms with Gasteiger partial charge in [0, 0.05) is 14.1 Å². The molecule has 0 saturated carbocycles. The van der Waals surface area contributed by atoms with Crippen LogP contribution >= 0.6 is 0 Å². The molecule has 0 fully saturated rings. The molecule has 0 aromatic rings. The topological polar surface area (TPSA) is 98.7 Å². The number of amides is 3. The Kier molecular flexibility index (Phi) is 6.69. The molecule has 0 aliphatic heterocycles. The summed E-state index contributed by atoms with van der Waals surface area (Å²) in [7, 11) is 3.14. The summed E-state index contributed by atoms with van der Waals surface area (Å²) in [5.41, 5.74) is 0. The first kappa shape index (κ1) is 15.2. The van der Waals surface area contributed by atoms with Gasteiger partial charge in [-0.2, -0.15) is 0 Å². The van der Waals surface area contributed by atoms with E-state index in [0.717, 1.165) is 0 Å². The van der Waals surface area contributed by atoms with Crippen LogP contribution in [0, 0.1) is 0 Å². The highest BCUT2D eigenvalue weighted by Crippen LogP contribution is 1.96. The lowest BCUT2D eigenvalue weighted by atomic mass is 10.2. The normalized spacial score (nSPS) is 11.5. The number of carbonyl (C=O) groups excluding carboxylic acids is 2. The van der Waals surface area contributed by atoms with Gasteiger partial charge in [0.05, 0.1) is 6.54 Å². The van der Waals surface area contributed by atoms with Crippen LogP contribution in [0.4, 0.5) is 4.79 Å². The quantitative estimate of drug-likeness (QED) is 0.594. The molecule has 0 saturated heterocycles. The lowest BCUT2D eigenvalue weighted by Gasteiger charge is -2.15. The van der Waals surface area contributed by atoms with Crippen molar-refractivity contribution in [1.82, 2.24) is 15.5 Å². The number of rotatable bonds is 6. The van der Waals surface area contributed by atoms with E-state index < -0.39 is 18.0 Å². The summed E-state index contributed by atoms with van der Waals surface area (Å²) in [5, 5.41) is 13.4. The second-order valence-corrected chi connectivity index (χ2v) is 3.79. The Morgan fingerprint density at radius 3 is 2.29 bits per heavy atom. The fourth-order valence-corrected chi connectivity index (χ4v) is 1.07. The van der Waals surface area contributed by atoms with Crippen molar-refractivity contribution in [3.05, 3.63) is 0 Å². The zero-order valence-electron chi connectivity index (χ0n) is 10.3. The monoisotopic (exact) mass is 245 g/mol. The number of carboxylic acids is 1. The van der Waals surface area contributed by atoms with E-state index in [2.05, 4.69) is 10.6 Å². The minimum absolute atomic E-state index is 0.155. The summed E-state index contributed by atoms with van der Waals surface area (Å²) in [6.45, 7) is 1.67. The third-order valence-corrected chi connectivity index (χ3v) is 2.08. The highest BCUT2D eigenvalue weighted by atomic mass is 16.4. The Labute approximate surface area is 100 Å². The molecule has 3 N–H and O–H groups in total. The zero-order chi connectivity index (χ0) is 13.4. The van der Waals surface area contributed by atoms with Crippen LogP contribution in [0.1, 0.15) is 19.8 Å². The number of aliphatic carboxylic acids is 1. The smallest absolute Gasteiger partial charge is 0.326 e. The maximum Gasteiger partial charge on any atom is 0.326 e. The Bertz CT molecular complexity index is 291. The molecule has 0 aromatic heterocycles. The van der Waals surface area contributed by atoms with Crippen molar-refractivity contribution in [3.8, 4) is 0 Å². The van der Waals surface area contributed by atoms with E-state index >= 15 is 0 Å². The molecular weight excluding hydrogens is 226 g/mol. The zero-order valence-corrected chi connectivity index (χ0v) is 10.3. The van der Waals surface area contributed by atoms with E-state index in [0.29, 0.717) is 12.8 Å². The summed E-state index contributed by atoms with van der Waals surface area (Å²) in [6, 6.07) is -1.57. The van der Waals surface area contributed by atoms with Gasteiger partial charge in [-0.1, -0.05) is 13.3 Å². The Morgan fingerprint density at radius 2 is 1.88 bits per heavy atom. The molecule has 1 atom stereocenters. The number of nitrogens with zero attached hydrogens (tertiary/aromatic N) is 1. The minimum Gasteiger partial charge on any atom is -0.480 e. The number of hydrogen-bond donors (Lipinski definition) is 3. The van der Waals surface area contributed by atoms with Crippen LogP contribution in [-0.2, 0) is 9.59 Å². The first-order chi connectivity index (χ1) is 7.88. The second kappa shape index (κ2) is 7.48. The first-order valence-corrected chi connectivity index (χ1v) is 5.35. The number of hydrogen-bond acceptors (Lipinski definition) is 3. The number of carbonyl (C=O) groups is 3. The molecular formula is C10H19N3O4. The van der Waals surface area contributed by atoms with E-state index in [4.69, 9.17) is 5.11 Å². The van der Waals surface area contributed by atoms with Crippen LogP contribution < -0.4 is 10.6 Å². The van der Waals surface area contributed by atoms with Gasteiger partial charge in [0.1, 0.15) is 6.04 Å². The van der Waals surface area contributed by atoms with Gasteiger partial charge in [-0.15, -0.1) is 0 Å². The summed E-state index contributed by atoms with van der Waals surface area (Å²) < 4.78 is 0. The van der Waals surface area contributed by atoms with Gasteiger partial charge in [0.25, 0.3) is 0 Å². The van der Waals surface area contributed by atoms with Gasteiger partial charge in [0.2, 0.25) is 5.91 Å². The van der Waals surface area contributed by atoms with Crippen LogP contribution in [0.15, 0.2) is 0 Å². The molecule has 0 radical (unpaired) electrons. The third kappa shape index (κ3) is 6.39. The third-order valence-electron chi connectivity index (χ3n) is 2.08. The molecule has 0 bridgehead atoms. The number of urea groups is 1. The Hall–Kier alpha value is -1.79. The van der Waals surface area contributed by atoms with Gasteiger partial charge in [-0.25, -0.2) is 9.59 Å². The van der Waals surface area contributed by atoms with Crippen molar-refractivity contribution in [1.29, 1.82) is 0 Å². The molecule has 3 amide bonds. The average molecular weight is 245 g/mol. The maximum absolute atomic E-state index is 11.3. The average Bonchev–Trinajstić information content (AvgIpc) is 2.24. The summed E-state index contributed by atoms with van der Waals surface area (Å²) >= 11 is 0. The molecule has 0 aromatic carbocycles. The number of carboxylic acid groups (broad SMARTS) is 1. The molecule has 17 heavy (non-hydrogen) atoms. The van der Waals surface area contributed by atoms with Crippen molar-refractivity contribution >= 4 is 17.9 Å². The van der Waals surface area contributed by atoms with Crippen LogP contribution in [0.5, 0.6) is 0 Å². The standard InChI is InChI=1S/C10H19N3O4/c1-4-5-7(9(15)16)12-10(17)11-6-8(14)13(2)3/h7H,4-6H2,1-3H3,(H,15,16)(H2,11,12,17)/t7-/m1/s1. The van der Waals surface area contributed by atoms with Crippen LogP contribution in [0.25, 0.3) is 0 Å². The fourth-order valence-electron chi connectivity index (χ4n) is 1.07. The van der Waals surface area contributed by atoms with Crippen LogP contribution in [0.2, 0.25) is 0 Å². The van der Waals surface area contributed by atoms with E-state index in [-0.39, 0.29) is 12.5 Å². The fraction of sp³-hybridized carbons (Fsp3) is 0.700. The second-order valence-electron chi connectivity index (χ2n) is 3.79. The molecule has 0 aliphatic carbocycles. The van der Waals surface area contributed by atoms with E-state index in [1.807, 2.05) is 6.92 Å². The molecule has 0 heterocycles. The summed E-state index contributed by atoms with van der Waals surface area (Å²) in [6.07, 6.45) is 0.998. The van der Waals surface area contributed by atoms with E-state index in [9.17, 15) is 14.4 Å². The van der Waals surface area contributed by atoms with Gasteiger partial charge >= 0.3 is 12.0 Å². The molecule has 0 aliphatic rings. The van der Waals surface area contributed by atoms with E-state index in [1.54, 1.807) is 14.1 Å². The lowest BCUT2D eigenvalue weighted by molar-refractivity contribution is -0.139. The van der Waals surface area contributed by atoms with Crippen molar-refractivity contribution in [2.75, 3.05) is 20.6 Å². The van der Waals surface area contributed by atoms with Crippen LogP contribution in [-0.4, -0.2) is 54.6 Å². The number of nitrogens with one attached hydrogen (secondary N) is 2. The van der Waals surface area contributed by atoms with Crippen LogP contribution in [0.3, 0.4) is 0 Å². The Morgan fingerprint density at radius 1 is 1.29 bits per heavy atom. The van der Waals surface area contributed by atoms with Crippen molar-refractivity contribution in [2.24, 2.45) is 0 Å². The Balaban J connectivity index is 4.07. The first-order valence-electron chi connectivity index (χ1n) is 5.35. The highest BCUT2D eigenvalue weighted by molar-refractivity contribution is 5.86. The molecule has 98 valence electrons. The highest BCUT2D eigenvalue weighted by Gasteiger charge is 2.18. The van der Waals surface area contributed by atoms with Gasteiger partial charge < -0.3 is 20.6 Å². The van der Waals surface area contributed by atoms with Crippen molar-refractivity contribution < 1.29 is 19.5 Å². The SMILES string of the molecule is CCC[C@@H](NC(=O)NCC(=O)N(C)C)C(=O)O. The molecule has 0 rings (SSSR count). The molecule has 7 nitrogen and oxygen atoms in total. The van der Waals surface area contributed by atoms with Gasteiger partial charge in [-0.3, -0.25) is 4.79 Å². The minimum atomic E-state index is -1.08.